The van der Waals surface area contributed by atoms with Gasteiger partial charge >= 0.3 is 6.09 Å². The van der Waals surface area contributed by atoms with Gasteiger partial charge in [0.2, 0.25) is 0 Å². The summed E-state index contributed by atoms with van der Waals surface area (Å²) in [5, 5.41) is 4.56. The molecule has 0 saturated heterocycles. The van der Waals surface area contributed by atoms with Gasteiger partial charge in [-0.25, -0.2) is 4.79 Å². The van der Waals surface area contributed by atoms with E-state index < -0.39 is 20.5 Å². The van der Waals surface area contributed by atoms with Crippen molar-refractivity contribution in [2.24, 2.45) is 5.73 Å². The van der Waals surface area contributed by atoms with Crippen molar-refractivity contribution < 1.29 is 14.0 Å². The van der Waals surface area contributed by atoms with Gasteiger partial charge in [-0.3, -0.25) is 9.67 Å². The van der Waals surface area contributed by atoms with Crippen LogP contribution in [-0.4, -0.2) is 35.8 Å². The predicted octanol–water partition coefficient (Wildman–Crippen LogP) is 4.26. The van der Waals surface area contributed by atoms with Crippen molar-refractivity contribution in [3.05, 3.63) is 42.9 Å². The van der Waals surface area contributed by atoms with E-state index >= 15 is 0 Å². The van der Waals surface area contributed by atoms with Crippen LogP contribution in [0.4, 0.5) is 10.5 Å². The second-order valence-corrected chi connectivity index (χ2v) is 13.5. The molecule has 2 aromatic rings. The first kappa shape index (κ1) is 23.6. The number of anilines is 1. The molecule has 0 unspecified atom stereocenters. The van der Waals surface area contributed by atoms with Crippen LogP contribution >= 0.6 is 0 Å². The fourth-order valence-electron chi connectivity index (χ4n) is 2.78. The monoisotopic (exact) mass is 431 g/mol. The maximum Gasteiger partial charge on any atom is 0.405 e. The van der Waals surface area contributed by atoms with Crippen molar-refractivity contribution in [3.8, 4) is 11.3 Å². The molecule has 2 rings (SSSR count). The molecule has 0 aromatic carbocycles. The Balaban J connectivity index is 2.26. The summed E-state index contributed by atoms with van der Waals surface area (Å²) in [6, 6.07) is 3.67. The molecule has 2 heterocycles. The number of aromatic nitrogens is 3. The lowest BCUT2D eigenvalue weighted by Gasteiger charge is -2.36. The minimum Gasteiger partial charge on any atom is -0.440 e. The Bertz CT molecular complexity index is 889. The number of hydrogen-bond donors (Lipinski definition) is 2. The summed E-state index contributed by atoms with van der Waals surface area (Å²) in [7, 11) is -1.85. The van der Waals surface area contributed by atoms with E-state index in [1.165, 1.54) is 0 Å². The normalized spacial score (nSPS) is 13.1. The third kappa shape index (κ3) is 5.70. The van der Waals surface area contributed by atoms with Gasteiger partial charge in [-0.05, 0) is 30.3 Å². The number of amides is 1. The van der Waals surface area contributed by atoms with Gasteiger partial charge in [0.05, 0.1) is 36.4 Å². The fraction of sp³-hybridized carbons (Fsp3) is 0.476. The van der Waals surface area contributed by atoms with E-state index in [1.807, 2.05) is 16.8 Å². The van der Waals surface area contributed by atoms with Crippen molar-refractivity contribution in [1.82, 2.24) is 14.8 Å². The van der Waals surface area contributed by atoms with Gasteiger partial charge in [0.15, 0.2) is 8.32 Å². The van der Waals surface area contributed by atoms with E-state index in [-0.39, 0.29) is 5.04 Å². The second kappa shape index (κ2) is 9.44. The highest BCUT2D eigenvalue weighted by atomic mass is 28.4. The molecule has 0 radical (unpaired) electrons. The average molecular weight is 432 g/mol. The van der Waals surface area contributed by atoms with Crippen LogP contribution in [-0.2, 0) is 15.7 Å². The minimum atomic E-state index is -1.85. The van der Waals surface area contributed by atoms with Crippen LogP contribution in [0.1, 0.15) is 39.0 Å². The van der Waals surface area contributed by atoms with E-state index in [2.05, 4.69) is 50.5 Å². The third-order valence-electron chi connectivity index (χ3n) is 5.46. The van der Waals surface area contributed by atoms with Gasteiger partial charge in [-0.1, -0.05) is 26.8 Å². The molecule has 9 heteroatoms. The molecule has 0 fully saturated rings. The number of carbonyl (C=O) groups excluding carboxylic acids is 1. The summed E-state index contributed by atoms with van der Waals surface area (Å²) in [4.78, 5) is 15.6. The Morgan fingerprint density at radius 2 is 2.10 bits per heavy atom. The maximum atomic E-state index is 11.2. The summed E-state index contributed by atoms with van der Waals surface area (Å²) < 4.78 is 13.3. The number of carbonyl (C=O) groups is 1. The summed E-state index contributed by atoms with van der Waals surface area (Å²) in [6.07, 6.45) is 3.85. The molecular formula is C21H33N5O3Si. The summed E-state index contributed by atoms with van der Waals surface area (Å²) >= 11 is 0. The molecule has 0 saturated carbocycles. The first-order chi connectivity index (χ1) is 14.0. The van der Waals surface area contributed by atoms with Crippen molar-refractivity contribution >= 4 is 20.1 Å². The maximum absolute atomic E-state index is 11.2. The molecular weight excluding hydrogens is 398 g/mol. The molecule has 0 aliphatic heterocycles. The first-order valence-electron chi connectivity index (χ1n) is 9.95. The van der Waals surface area contributed by atoms with Gasteiger partial charge < -0.3 is 20.6 Å². The smallest absolute Gasteiger partial charge is 0.405 e. The summed E-state index contributed by atoms with van der Waals surface area (Å²) in [6.45, 7) is 15.9. The van der Waals surface area contributed by atoms with E-state index in [0.29, 0.717) is 31.0 Å². The number of nitrogen functional groups attached to an aromatic ring is 1. The largest absolute Gasteiger partial charge is 0.440 e. The van der Waals surface area contributed by atoms with Crippen LogP contribution in [0, 0.1) is 0 Å². The third-order valence-corrected chi connectivity index (χ3v) is 10.0. The Morgan fingerprint density at radius 1 is 1.40 bits per heavy atom. The lowest BCUT2D eigenvalue weighted by atomic mass is 10.1. The zero-order valence-electron chi connectivity index (χ0n) is 18.5. The van der Waals surface area contributed by atoms with Crippen molar-refractivity contribution in [3.63, 3.8) is 0 Å². The highest BCUT2D eigenvalue weighted by molar-refractivity contribution is 6.74. The predicted molar refractivity (Wildman–Crippen MR) is 121 cm³/mol. The Labute approximate surface area is 179 Å². The Kier molecular flexibility index (Phi) is 7.43. The molecule has 0 spiro atoms. The zero-order valence-corrected chi connectivity index (χ0v) is 19.5. The molecule has 1 amide bonds. The number of hydrogen-bond acceptors (Lipinski definition) is 6. The molecule has 0 aliphatic rings. The molecule has 0 bridgehead atoms. The summed E-state index contributed by atoms with van der Waals surface area (Å²) in [5.41, 5.74) is 14.1. The van der Waals surface area contributed by atoms with Crippen molar-refractivity contribution in [1.29, 1.82) is 0 Å². The van der Waals surface area contributed by atoms with Crippen LogP contribution < -0.4 is 11.5 Å². The Hall–Kier alpha value is -2.65. The lowest BCUT2D eigenvalue weighted by Crippen LogP contribution is -2.41. The van der Waals surface area contributed by atoms with Gasteiger partial charge in [0, 0.05) is 18.2 Å². The lowest BCUT2D eigenvalue weighted by molar-refractivity contribution is 0.106. The van der Waals surface area contributed by atoms with Crippen LogP contribution in [0.15, 0.2) is 37.2 Å². The second-order valence-electron chi connectivity index (χ2n) is 8.70. The first-order valence-corrected chi connectivity index (χ1v) is 12.9. The van der Waals surface area contributed by atoms with Gasteiger partial charge in [-0.2, -0.15) is 5.10 Å². The molecule has 0 aliphatic carbocycles. The SMILES string of the molecule is C=CC[C@H](OC(N)=O)c1cc(-c2c(N)cnn2CCO[Si](C)(C)C(C)(C)C)ccn1. The number of ether oxygens (including phenoxy) is 1. The van der Waals surface area contributed by atoms with Crippen LogP contribution in [0.25, 0.3) is 11.3 Å². The number of pyridine rings is 1. The number of rotatable bonds is 9. The molecule has 4 N–H and O–H groups in total. The quantitative estimate of drug-likeness (QED) is 0.452. The van der Waals surface area contributed by atoms with Gasteiger partial charge in [0.1, 0.15) is 6.10 Å². The number of nitrogens with zero attached hydrogens (tertiary/aromatic N) is 3. The van der Waals surface area contributed by atoms with Crippen LogP contribution in [0.2, 0.25) is 18.1 Å². The molecule has 2 aromatic heterocycles. The van der Waals surface area contributed by atoms with Crippen LogP contribution in [0.3, 0.4) is 0 Å². The fourth-order valence-corrected chi connectivity index (χ4v) is 3.82. The topological polar surface area (TPSA) is 118 Å². The van der Waals surface area contributed by atoms with E-state index in [1.54, 1.807) is 18.5 Å². The van der Waals surface area contributed by atoms with E-state index in [0.717, 1.165) is 11.3 Å². The average Bonchev–Trinajstić information content (AvgIpc) is 3.00. The van der Waals surface area contributed by atoms with Gasteiger partial charge in [0.25, 0.3) is 0 Å². The molecule has 8 nitrogen and oxygen atoms in total. The highest BCUT2D eigenvalue weighted by Crippen LogP contribution is 2.36. The molecule has 1 atom stereocenters. The number of primary amides is 1. The Morgan fingerprint density at radius 3 is 2.70 bits per heavy atom. The van der Waals surface area contributed by atoms with Crippen molar-refractivity contribution in [2.75, 3.05) is 12.3 Å². The van der Waals surface area contributed by atoms with E-state index in [9.17, 15) is 4.79 Å². The van der Waals surface area contributed by atoms with Gasteiger partial charge in [-0.15, -0.1) is 6.58 Å². The van der Waals surface area contributed by atoms with Crippen LogP contribution in [0.5, 0.6) is 0 Å². The summed E-state index contributed by atoms with van der Waals surface area (Å²) in [5.74, 6) is 0. The van der Waals surface area contributed by atoms with Crippen molar-refractivity contribution in [2.45, 2.75) is 58.0 Å². The number of nitrogens with two attached hydrogens (primary N) is 2. The molecule has 164 valence electrons. The standard InChI is InChI=1S/C21H33N5O3Si/c1-7-8-18(29-20(23)27)17-13-15(9-10-24-17)19-16(22)14-25-26(19)11-12-28-30(5,6)21(2,3)4/h7,9-10,13-14,18H,1,8,11-12,22H2,2-6H3,(H2,23,27)/t18-/m0/s1. The minimum absolute atomic E-state index is 0.138. The van der Waals surface area contributed by atoms with E-state index in [4.69, 9.17) is 20.6 Å². The zero-order chi connectivity index (χ0) is 22.5. The highest BCUT2D eigenvalue weighted by Gasteiger charge is 2.37. The molecule has 30 heavy (non-hydrogen) atoms.